The Balaban J connectivity index is 1.61. The van der Waals surface area contributed by atoms with E-state index in [1.165, 1.54) is 17.0 Å². The van der Waals surface area contributed by atoms with Gasteiger partial charge < -0.3 is 10.5 Å². The van der Waals surface area contributed by atoms with Crippen molar-refractivity contribution >= 4 is 27.7 Å². The van der Waals surface area contributed by atoms with Gasteiger partial charge in [-0.3, -0.25) is 4.90 Å². The third-order valence-electron chi connectivity index (χ3n) is 6.69. The highest BCUT2D eigenvalue weighted by Gasteiger charge is 2.51. The molecule has 2 aliphatic rings. The molecule has 6 nitrogen and oxygen atoms in total. The van der Waals surface area contributed by atoms with Gasteiger partial charge in [0.2, 0.25) is 0 Å². The van der Waals surface area contributed by atoms with Crippen LogP contribution < -0.4 is 5.73 Å². The zero-order valence-corrected chi connectivity index (χ0v) is 20.6. The van der Waals surface area contributed by atoms with E-state index >= 15 is 0 Å². The first-order valence-electron chi connectivity index (χ1n) is 11.4. The van der Waals surface area contributed by atoms with Gasteiger partial charge in [-0.1, -0.05) is 57.7 Å². The monoisotopic (exact) mass is 486 g/mol. The van der Waals surface area contributed by atoms with Gasteiger partial charge in [0, 0.05) is 18.0 Å². The van der Waals surface area contributed by atoms with Crippen LogP contribution >= 0.6 is 0 Å². The molecule has 2 N–H and O–H groups in total. The minimum Gasteiger partial charge on any atom is -0.444 e. The van der Waals surface area contributed by atoms with Crippen molar-refractivity contribution in [2.24, 2.45) is 5.92 Å². The molecule has 2 fully saturated rings. The smallest absolute Gasteiger partial charge is 0.410 e. The van der Waals surface area contributed by atoms with Crippen LogP contribution in [0.3, 0.4) is 0 Å². The predicted octanol–water partition coefficient (Wildman–Crippen LogP) is 4.33. The summed E-state index contributed by atoms with van der Waals surface area (Å²) in [5.41, 5.74) is 8.80. The fourth-order valence-corrected chi connectivity index (χ4v) is 6.88. The van der Waals surface area contributed by atoms with Gasteiger partial charge in [0.25, 0.3) is 0 Å². The van der Waals surface area contributed by atoms with Crippen LogP contribution in [0.2, 0.25) is 0 Å². The maximum absolute atomic E-state index is 14.3. The van der Waals surface area contributed by atoms with Crippen molar-refractivity contribution in [3.63, 3.8) is 0 Å². The molecule has 0 radical (unpaired) electrons. The topological polar surface area (TPSA) is 89.7 Å². The summed E-state index contributed by atoms with van der Waals surface area (Å²) in [6, 6.07) is 10.4. The van der Waals surface area contributed by atoms with E-state index in [0.29, 0.717) is 11.1 Å². The van der Waals surface area contributed by atoms with E-state index in [9.17, 15) is 17.6 Å². The van der Waals surface area contributed by atoms with E-state index in [1.54, 1.807) is 6.07 Å². The summed E-state index contributed by atoms with van der Waals surface area (Å²) in [7, 11) is -3.43. The summed E-state index contributed by atoms with van der Waals surface area (Å²) in [5, 5.41) is 0. The van der Waals surface area contributed by atoms with E-state index in [-0.39, 0.29) is 35.6 Å². The first kappa shape index (κ1) is 24.3. The Morgan fingerprint density at radius 2 is 1.94 bits per heavy atom. The van der Waals surface area contributed by atoms with Gasteiger partial charge >= 0.3 is 6.09 Å². The highest BCUT2D eigenvalue weighted by Crippen LogP contribution is 2.36. The minimum absolute atomic E-state index is 0.00356. The summed E-state index contributed by atoms with van der Waals surface area (Å²) in [6.45, 7) is 10.3. The van der Waals surface area contributed by atoms with Crippen LogP contribution in [0.25, 0.3) is 6.08 Å². The quantitative estimate of drug-likeness (QED) is 0.636. The number of nitrogens with two attached hydrogens (primary N) is 1. The number of amides is 1. The first-order valence-corrected chi connectivity index (χ1v) is 13.2. The van der Waals surface area contributed by atoms with Crippen LogP contribution in [-0.2, 0) is 33.0 Å². The second kappa shape index (κ2) is 8.73. The fourth-order valence-electron chi connectivity index (χ4n) is 4.90. The van der Waals surface area contributed by atoms with Crippen molar-refractivity contribution in [2.75, 3.05) is 17.2 Å². The number of nitrogen functional groups attached to an aromatic ring is 1. The standard InChI is InChI=1S/C26H31FN2O4S/c1-5-18-9-17(12-21(27)23(18)28)10-19-14-34(31,32)15-22-24(19)33-25(30)29(22)13-16-7-6-8-20(11-16)26(2,3)4/h5-9,11-12,19,22,24H,1,10,13-15,28H2,2-4H3/t19-,22+,24+/m1/s1. The van der Waals surface area contributed by atoms with Crippen molar-refractivity contribution < 1.29 is 22.3 Å². The third-order valence-corrected chi connectivity index (χ3v) is 8.48. The molecule has 3 atom stereocenters. The molecule has 34 heavy (non-hydrogen) atoms. The van der Waals surface area contributed by atoms with Crippen LogP contribution in [0, 0.1) is 11.7 Å². The summed E-state index contributed by atoms with van der Waals surface area (Å²) < 4.78 is 45.7. The normalized spacial score (nSPS) is 23.9. The summed E-state index contributed by atoms with van der Waals surface area (Å²) in [6.07, 6.45) is 0.605. The van der Waals surface area contributed by atoms with Crippen LogP contribution in [0.1, 0.15) is 43.0 Å². The van der Waals surface area contributed by atoms with Gasteiger partial charge in [-0.05, 0) is 40.7 Å². The molecule has 0 spiro atoms. The molecule has 1 amide bonds. The molecule has 2 aromatic carbocycles. The van der Waals surface area contributed by atoms with Crippen molar-refractivity contribution in [1.29, 1.82) is 0 Å². The number of anilines is 1. The van der Waals surface area contributed by atoms with Crippen molar-refractivity contribution in [3.05, 3.63) is 71.0 Å². The van der Waals surface area contributed by atoms with Gasteiger partial charge in [0.15, 0.2) is 9.84 Å². The minimum atomic E-state index is -3.43. The van der Waals surface area contributed by atoms with E-state index in [1.807, 2.05) is 24.3 Å². The number of carbonyl (C=O) groups excluding carboxylic acids is 1. The predicted molar refractivity (Wildman–Crippen MR) is 131 cm³/mol. The molecule has 0 unspecified atom stereocenters. The molecule has 2 aliphatic heterocycles. The first-order chi connectivity index (χ1) is 15.9. The Kier molecular flexibility index (Phi) is 6.23. The number of carbonyl (C=O) groups is 1. The van der Waals surface area contributed by atoms with Crippen LogP contribution in [0.5, 0.6) is 0 Å². The highest BCUT2D eigenvalue weighted by atomic mass is 32.2. The molecule has 2 aromatic rings. The number of hydrogen-bond donors (Lipinski definition) is 1. The Morgan fingerprint density at radius 3 is 2.62 bits per heavy atom. The molecule has 0 saturated carbocycles. The zero-order valence-electron chi connectivity index (χ0n) is 19.8. The van der Waals surface area contributed by atoms with Gasteiger partial charge in [0.05, 0.1) is 23.2 Å². The molecule has 0 bridgehead atoms. The van der Waals surface area contributed by atoms with Crippen LogP contribution in [0.15, 0.2) is 43.0 Å². The molecule has 182 valence electrons. The number of fused-ring (bicyclic) bond motifs is 1. The van der Waals surface area contributed by atoms with Crippen LogP contribution in [0.4, 0.5) is 14.9 Å². The molecule has 0 aliphatic carbocycles. The number of hydrogen-bond acceptors (Lipinski definition) is 5. The van der Waals surface area contributed by atoms with Gasteiger partial charge in [0.1, 0.15) is 11.9 Å². The Morgan fingerprint density at radius 1 is 1.21 bits per heavy atom. The van der Waals surface area contributed by atoms with Gasteiger partial charge in [-0.2, -0.15) is 0 Å². The molecule has 0 aromatic heterocycles. The zero-order chi connectivity index (χ0) is 24.8. The SMILES string of the molecule is C=Cc1cc(C[C@@H]2CS(=O)(=O)C[C@H]3[C@H]2OC(=O)N3Cc2cccc(C(C)(C)C)c2)cc(F)c1N. The maximum Gasteiger partial charge on any atom is 0.410 e. The summed E-state index contributed by atoms with van der Waals surface area (Å²) >= 11 is 0. The fraction of sp³-hybridized carbons (Fsp3) is 0.423. The molecule has 2 saturated heterocycles. The van der Waals surface area contributed by atoms with E-state index < -0.39 is 39.8 Å². The molecule has 4 rings (SSSR count). The largest absolute Gasteiger partial charge is 0.444 e. The molecular formula is C26H31FN2O4S. The lowest BCUT2D eigenvalue weighted by atomic mass is 9.86. The van der Waals surface area contributed by atoms with Crippen molar-refractivity contribution in [2.45, 2.75) is 51.3 Å². The number of sulfone groups is 1. The van der Waals surface area contributed by atoms with Gasteiger partial charge in [-0.25, -0.2) is 17.6 Å². The Labute approximate surface area is 200 Å². The number of benzene rings is 2. The summed E-state index contributed by atoms with van der Waals surface area (Å²) in [4.78, 5) is 14.4. The van der Waals surface area contributed by atoms with E-state index in [0.717, 1.165) is 11.1 Å². The van der Waals surface area contributed by atoms with E-state index in [2.05, 4.69) is 27.4 Å². The second-order valence-corrected chi connectivity index (χ2v) is 12.5. The third kappa shape index (κ3) is 4.82. The van der Waals surface area contributed by atoms with Crippen LogP contribution in [-0.4, -0.2) is 43.1 Å². The lowest BCUT2D eigenvalue weighted by Crippen LogP contribution is -2.51. The van der Waals surface area contributed by atoms with Gasteiger partial charge in [-0.15, -0.1) is 0 Å². The second-order valence-electron chi connectivity index (χ2n) is 10.3. The van der Waals surface area contributed by atoms with Crippen molar-refractivity contribution in [1.82, 2.24) is 4.90 Å². The number of halogens is 1. The van der Waals surface area contributed by atoms with Crippen molar-refractivity contribution in [3.8, 4) is 0 Å². The molecule has 8 heteroatoms. The maximum atomic E-state index is 14.3. The Hall–Kier alpha value is -2.87. The molecular weight excluding hydrogens is 455 g/mol. The Bertz CT molecular complexity index is 1240. The average Bonchev–Trinajstić information content (AvgIpc) is 3.04. The number of rotatable bonds is 5. The lowest BCUT2D eigenvalue weighted by Gasteiger charge is -2.34. The number of ether oxygens (including phenoxy) is 1. The lowest BCUT2D eigenvalue weighted by molar-refractivity contribution is 0.0970. The average molecular weight is 487 g/mol. The highest BCUT2D eigenvalue weighted by molar-refractivity contribution is 7.91. The number of nitrogens with zero attached hydrogens (tertiary/aromatic N) is 1. The van der Waals surface area contributed by atoms with E-state index in [4.69, 9.17) is 10.5 Å². The molecule has 2 heterocycles. The summed E-state index contributed by atoms with van der Waals surface area (Å²) in [5.74, 6) is -1.33.